The molecule has 0 saturated heterocycles. The van der Waals surface area contributed by atoms with Crippen LogP contribution in [0.5, 0.6) is 5.75 Å². The van der Waals surface area contributed by atoms with E-state index in [1.54, 1.807) is 7.11 Å². The predicted octanol–water partition coefficient (Wildman–Crippen LogP) is 3.30. The van der Waals surface area contributed by atoms with Crippen molar-refractivity contribution in [1.29, 1.82) is 0 Å². The van der Waals surface area contributed by atoms with Crippen molar-refractivity contribution in [2.24, 2.45) is 17.8 Å². The first-order valence-corrected chi connectivity index (χ1v) is 10.7. The summed E-state index contributed by atoms with van der Waals surface area (Å²) in [7, 11) is 1.64. The van der Waals surface area contributed by atoms with Gasteiger partial charge in [-0.3, -0.25) is 9.59 Å². The third-order valence-electron chi connectivity index (χ3n) is 7.08. The van der Waals surface area contributed by atoms with E-state index in [0.29, 0.717) is 12.1 Å². The molecule has 3 fully saturated rings. The SMILES string of the molecule is COc1cccc(CNC(=O)C2CC3CCC2C[C@@]32NC(=O)c3ccccc3N2)c1. The average molecular weight is 405 g/mol. The van der Waals surface area contributed by atoms with Crippen LogP contribution in [0, 0.1) is 17.8 Å². The number of hydrogen-bond acceptors (Lipinski definition) is 4. The van der Waals surface area contributed by atoms with E-state index in [9.17, 15) is 9.59 Å². The molecule has 1 spiro atoms. The van der Waals surface area contributed by atoms with Crippen LogP contribution < -0.4 is 20.7 Å². The van der Waals surface area contributed by atoms with Crippen LogP contribution in [0.1, 0.15) is 41.6 Å². The van der Waals surface area contributed by atoms with Gasteiger partial charge < -0.3 is 20.7 Å². The zero-order valence-corrected chi connectivity index (χ0v) is 17.1. The van der Waals surface area contributed by atoms with Crippen molar-refractivity contribution in [3.05, 3.63) is 59.7 Å². The van der Waals surface area contributed by atoms with Gasteiger partial charge in [-0.25, -0.2) is 0 Å². The number of benzene rings is 2. The molecule has 3 aliphatic carbocycles. The van der Waals surface area contributed by atoms with Gasteiger partial charge in [-0.05, 0) is 61.4 Å². The standard InChI is InChI=1S/C24H27N3O3/c1-30-18-6-4-5-15(11-18)14-25-22(28)20-12-17-10-9-16(20)13-24(17)26-21-8-3-2-7-19(21)23(29)27-24/h2-8,11,16-17,20,26H,9-10,12-14H2,1H3,(H,25,28)(H,27,29)/t16?,17?,20?,24-/m1/s1. The Morgan fingerprint density at radius 2 is 2.03 bits per heavy atom. The number of para-hydroxylation sites is 1. The van der Waals surface area contributed by atoms with Crippen molar-refractivity contribution in [2.45, 2.75) is 37.9 Å². The van der Waals surface area contributed by atoms with Crippen LogP contribution in [0.4, 0.5) is 5.69 Å². The number of methoxy groups -OCH3 is 1. The van der Waals surface area contributed by atoms with Crippen LogP contribution in [-0.2, 0) is 11.3 Å². The van der Waals surface area contributed by atoms with E-state index in [1.165, 1.54) is 0 Å². The van der Waals surface area contributed by atoms with E-state index in [-0.39, 0.29) is 29.6 Å². The molecule has 1 heterocycles. The molecule has 3 unspecified atom stereocenters. The second-order valence-corrected chi connectivity index (χ2v) is 8.75. The Morgan fingerprint density at radius 1 is 1.17 bits per heavy atom. The highest BCUT2D eigenvalue weighted by Crippen LogP contribution is 2.51. The minimum absolute atomic E-state index is 0.00384. The molecule has 2 bridgehead atoms. The number of hydrogen-bond donors (Lipinski definition) is 3. The molecule has 2 aromatic rings. The molecule has 6 rings (SSSR count). The summed E-state index contributed by atoms with van der Waals surface area (Å²) in [5, 5.41) is 10.00. The van der Waals surface area contributed by atoms with Crippen molar-refractivity contribution in [2.75, 3.05) is 12.4 Å². The van der Waals surface area contributed by atoms with Gasteiger partial charge in [-0.2, -0.15) is 0 Å². The molecule has 2 amide bonds. The number of nitrogens with one attached hydrogen (secondary N) is 3. The number of carbonyl (C=O) groups is 2. The Morgan fingerprint density at radius 3 is 2.83 bits per heavy atom. The largest absolute Gasteiger partial charge is 0.497 e. The van der Waals surface area contributed by atoms with Gasteiger partial charge in [0.2, 0.25) is 5.91 Å². The molecule has 2 aromatic carbocycles. The molecular formula is C24H27N3O3. The van der Waals surface area contributed by atoms with Gasteiger partial charge in [0.15, 0.2) is 0 Å². The molecule has 30 heavy (non-hydrogen) atoms. The highest BCUT2D eigenvalue weighted by Gasteiger charge is 2.55. The molecule has 0 radical (unpaired) electrons. The van der Waals surface area contributed by atoms with Crippen LogP contribution >= 0.6 is 0 Å². The molecule has 3 N–H and O–H groups in total. The summed E-state index contributed by atoms with van der Waals surface area (Å²) in [6.45, 7) is 0.497. The maximum Gasteiger partial charge on any atom is 0.255 e. The number of carbonyl (C=O) groups excluding carboxylic acids is 2. The number of ether oxygens (including phenoxy) is 1. The van der Waals surface area contributed by atoms with E-state index in [4.69, 9.17) is 4.74 Å². The van der Waals surface area contributed by atoms with Crippen LogP contribution in [0.2, 0.25) is 0 Å². The predicted molar refractivity (Wildman–Crippen MR) is 114 cm³/mol. The van der Waals surface area contributed by atoms with E-state index in [0.717, 1.165) is 42.7 Å². The van der Waals surface area contributed by atoms with Gasteiger partial charge in [0.05, 0.1) is 12.7 Å². The second-order valence-electron chi connectivity index (χ2n) is 8.75. The molecule has 1 aliphatic heterocycles. The Bertz CT molecular complexity index is 991. The Kier molecular flexibility index (Phi) is 4.65. The fourth-order valence-corrected chi connectivity index (χ4v) is 5.57. The first-order chi connectivity index (χ1) is 14.6. The zero-order chi connectivity index (χ0) is 20.7. The lowest BCUT2D eigenvalue weighted by atomic mass is 9.58. The summed E-state index contributed by atoms with van der Waals surface area (Å²) in [6.07, 6.45) is 3.64. The number of amides is 2. The van der Waals surface area contributed by atoms with Crippen LogP contribution in [0.25, 0.3) is 0 Å². The quantitative estimate of drug-likeness (QED) is 0.729. The second kappa shape index (κ2) is 7.35. The third-order valence-corrected chi connectivity index (χ3v) is 7.08. The molecule has 4 aliphatic rings. The van der Waals surface area contributed by atoms with Gasteiger partial charge in [0.25, 0.3) is 5.91 Å². The maximum absolute atomic E-state index is 13.0. The van der Waals surface area contributed by atoms with E-state index in [1.807, 2.05) is 48.5 Å². The smallest absolute Gasteiger partial charge is 0.255 e. The normalized spacial score (nSPS) is 29.0. The van der Waals surface area contributed by atoms with Crippen molar-refractivity contribution >= 4 is 17.5 Å². The summed E-state index contributed by atoms with van der Waals surface area (Å²) in [4.78, 5) is 25.7. The highest BCUT2D eigenvalue weighted by atomic mass is 16.5. The Balaban J connectivity index is 1.28. The monoisotopic (exact) mass is 405 g/mol. The first kappa shape index (κ1) is 19.0. The van der Waals surface area contributed by atoms with E-state index >= 15 is 0 Å². The third kappa shape index (κ3) is 3.20. The molecule has 6 nitrogen and oxygen atoms in total. The lowest BCUT2D eigenvalue weighted by molar-refractivity contribution is -0.132. The van der Waals surface area contributed by atoms with Crippen LogP contribution in [-0.4, -0.2) is 24.6 Å². The molecular weight excluding hydrogens is 378 g/mol. The Labute approximate surface area is 176 Å². The van der Waals surface area contributed by atoms with Crippen molar-refractivity contribution in [3.8, 4) is 5.75 Å². The maximum atomic E-state index is 13.0. The molecule has 4 atom stereocenters. The molecule has 3 saturated carbocycles. The lowest BCUT2D eigenvalue weighted by Gasteiger charge is -2.56. The van der Waals surface area contributed by atoms with Gasteiger partial charge in [0.1, 0.15) is 11.4 Å². The molecule has 6 heteroatoms. The summed E-state index contributed by atoms with van der Waals surface area (Å²) in [5.74, 6) is 1.39. The van der Waals surface area contributed by atoms with Gasteiger partial charge in [0, 0.05) is 24.1 Å². The molecule has 156 valence electrons. The number of anilines is 1. The van der Waals surface area contributed by atoms with Crippen LogP contribution in [0.3, 0.4) is 0 Å². The van der Waals surface area contributed by atoms with Gasteiger partial charge in [-0.1, -0.05) is 24.3 Å². The van der Waals surface area contributed by atoms with Crippen LogP contribution in [0.15, 0.2) is 48.5 Å². The fourth-order valence-electron chi connectivity index (χ4n) is 5.57. The van der Waals surface area contributed by atoms with Crippen molar-refractivity contribution in [1.82, 2.24) is 10.6 Å². The molecule has 0 aromatic heterocycles. The first-order valence-electron chi connectivity index (χ1n) is 10.7. The zero-order valence-electron chi connectivity index (χ0n) is 17.1. The minimum Gasteiger partial charge on any atom is -0.497 e. The summed E-state index contributed by atoms with van der Waals surface area (Å²) in [5.41, 5.74) is 2.18. The van der Waals surface area contributed by atoms with Gasteiger partial charge >= 0.3 is 0 Å². The topological polar surface area (TPSA) is 79.5 Å². The number of fused-ring (bicyclic) bond motifs is 3. The number of rotatable bonds is 4. The van der Waals surface area contributed by atoms with E-state index in [2.05, 4.69) is 16.0 Å². The minimum atomic E-state index is -0.433. The summed E-state index contributed by atoms with van der Waals surface area (Å²) in [6, 6.07) is 15.4. The average Bonchev–Trinajstić information content (AvgIpc) is 2.78. The Hall–Kier alpha value is -3.02. The van der Waals surface area contributed by atoms with E-state index < -0.39 is 5.66 Å². The fraction of sp³-hybridized carbons (Fsp3) is 0.417. The van der Waals surface area contributed by atoms with Crippen molar-refractivity contribution < 1.29 is 14.3 Å². The highest BCUT2D eigenvalue weighted by molar-refractivity contribution is 6.02. The van der Waals surface area contributed by atoms with Crippen molar-refractivity contribution in [3.63, 3.8) is 0 Å². The summed E-state index contributed by atoms with van der Waals surface area (Å²) >= 11 is 0. The van der Waals surface area contributed by atoms with Gasteiger partial charge in [-0.15, -0.1) is 0 Å². The lowest BCUT2D eigenvalue weighted by Crippen LogP contribution is -2.68. The summed E-state index contributed by atoms with van der Waals surface area (Å²) < 4.78 is 5.26.